The number of likely N-dealkylation sites (N-methyl/N-ethyl adjacent to an activating group) is 1. The van der Waals surface area contributed by atoms with Gasteiger partial charge in [0.25, 0.3) is 11.5 Å². The van der Waals surface area contributed by atoms with Gasteiger partial charge in [-0.3, -0.25) is 14.6 Å². The van der Waals surface area contributed by atoms with Gasteiger partial charge < -0.3 is 30.3 Å². The average molecular weight is 497 g/mol. The molecule has 0 spiro atoms. The number of aromatic amines is 1. The van der Waals surface area contributed by atoms with Crippen LogP contribution in [0.5, 0.6) is 11.5 Å². The highest BCUT2D eigenvalue weighted by Crippen LogP contribution is 2.25. The van der Waals surface area contributed by atoms with Crippen molar-refractivity contribution in [1.29, 1.82) is 0 Å². The summed E-state index contributed by atoms with van der Waals surface area (Å²) in [5.41, 5.74) is 0.0201. The number of anilines is 2. The van der Waals surface area contributed by atoms with Crippen molar-refractivity contribution in [2.45, 2.75) is 6.42 Å². The Kier molecular flexibility index (Phi) is 10.5. The zero-order chi connectivity index (χ0) is 25.6. The lowest BCUT2D eigenvalue weighted by molar-refractivity contribution is 0.0950. The van der Waals surface area contributed by atoms with Gasteiger partial charge >= 0.3 is 0 Å². The third kappa shape index (κ3) is 8.87. The number of nitrogens with one attached hydrogen (secondary N) is 4. The Morgan fingerprint density at radius 1 is 1.00 bits per heavy atom. The van der Waals surface area contributed by atoms with Crippen molar-refractivity contribution in [2.24, 2.45) is 0 Å². The second-order valence-corrected chi connectivity index (χ2v) is 7.81. The third-order valence-corrected chi connectivity index (χ3v) is 5.06. The summed E-state index contributed by atoms with van der Waals surface area (Å²) in [6.45, 7) is 3.57. The summed E-state index contributed by atoms with van der Waals surface area (Å²) in [7, 11) is 3.66. The Bertz CT molecular complexity index is 1160. The van der Waals surface area contributed by atoms with E-state index in [0.29, 0.717) is 38.1 Å². The van der Waals surface area contributed by atoms with Gasteiger partial charge in [-0.15, -0.1) is 0 Å². The van der Waals surface area contributed by atoms with Gasteiger partial charge in [0.05, 0.1) is 7.11 Å². The SMILES string of the molecule is COc1ccccc1OCCN(C)CCCNc1nccc(C(=O)NCCNc2nccc(=O)[nH]2)n1. The molecule has 0 aliphatic rings. The minimum absolute atomic E-state index is 0.248. The summed E-state index contributed by atoms with van der Waals surface area (Å²) >= 11 is 0. The maximum absolute atomic E-state index is 12.4. The molecule has 0 aliphatic heterocycles. The normalized spacial score (nSPS) is 10.6. The van der Waals surface area contributed by atoms with Crippen LogP contribution in [0.15, 0.2) is 53.6 Å². The third-order valence-electron chi connectivity index (χ3n) is 5.06. The molecule has 3 aromatic rings. The molecule has 0 bridgehead atoms. The second-order valence-electron chi connectivity index (χ2n) is 7.81. The van der Waals surface area contributed by atoms with Crippen molar-refractivity contribution in [1.82, 2.24) is 30.2 Å². The zero-order valence-corrected chi connectivity index (χ0v) is 20.5. The molecule has 36 heavy (non-hydrogen) atoms. The summed E-state index contributed by atoms with van der Waals surface area (Å²) in [6.07, 6.45) is 3.82. The number of para-hydroxylation sites is 2. The number of hydrogen-bond acceptors (Lipinski definition) is 10. The van der Waals surface area contributed by atoms with Gasteiger partial charge in [-0.25, -0.2) is 15.0 Å². The first-order valence-electron chi connectivity index (χ1n) is 11.6. The molecule has 0 radical (unpaired) electrons. The summed E-state index contributed by atoms with van der Waals surface area (Å²) in [6, 6.07) is 10.5. The van der Waals surface area contributed by atoms with E-state index in [1.165, 1.54) is 12.3 Å². The van der Waals surface area contributed by atoms with Crippen LogP contribution in [-0.2, 0) is 0 Å². The lowest BCUT2D eigenvalue weighted by atomic mass is 10.3. The van der Waals surface area contributed by atoms with E-state index >= 15 is 0 Å². The minimum atomic E-state index is -0.313. The number of carbonyl (C=O) groups excluding carboxylic acids is 1. The second kappa shape index (κ2) is 14.3. The highest BCUT2D eigenvalue weighted by Gasteiger charge is 2.09. The molecule has 0 unspecified atom stereocenters. The van der Waals surface area contributed by atoms with Crippen LogP contribution in [0.3, 0.4) is 0 Å². The van der Waals surface area contributed by atoms with Crippen molar-refractivity contribution in [2.75, 3.05) is 64.1 Å². The fourth-order valence-electron chi connectivity index (χ4n) is 3.19. The molecular formula is C24H32N8O4. The Hall–Kier alpha value is -4.19. The van der Waals surface area contributed by atoms with E-state index in [9.17, 15) is 9.59 Å². The molecule has 0 saturated heterocycles. The fourth-order valence-corrected chi connectivity index (χ4v) is 3.19. The number of hydrogen-bond donors (Lipinski definition) is 4. The fraction of sp³-hybridized carbons (Fsp3) is 0.375. The van der Waals surface area contributed by atoms with E-state index in [4.69, 9.17) is 9.47 Å². The smallest absolute Gasteiger partial charge is 0.270 e. The molecule has 0 fully saturated rings. The first-order chi connectivity index (χ1) is 17.5. The van der Waals surface area contributed by atoms with Crippen LogP contribution >= 0.6 is 0 Å². The van der Waals surface area contributed by atoms with Crippen LogP contribution in [0.1, 0.15) is 16.9 Å². The van der Waals surface area contributed by atoms with Gasteiger partial charge in [0.1, 0.15) is 12.3 Å². The Morgan fingerprint density at radius 3 is 2.61 bits per heavy atom. The molecule has 3 rings (SSSR count). The summed E-state index contributed by atoms with van der Waals surface area (Å²) in [5.74, 6) is 1.89. The van der Waals surface area contributed by atoms with Crippen LogP contribution in [0.4, 0.5) is 11.9 Å². The van der Waals surface area contributed by atoms with Crippen LogP contribution in [0.25, 0.3) is 0 Å². The summed E-state index contributed by atoms with van der Waals surface area (Å²) in [5, 5.41) is 8.85. The number of H-pyrrole nitrogens is 1. The lowest BCUT2D eigenvalue weighted by Crippen LogP contribution is -2.30. The van der Waals surface area contributed by atoms with Crippen LogP contribution in [0.2, 0.25) is 0 Å². The van der Waals surface area contributed by atoms with Crippen molar-refractivity contribution in [3.8, 4) is 11.5 Å². The minimum Gasteiger partial charge on any atom is -0.493 e. The molecule has 0 saturated carbocycles. The monoisotopic (exact) mass is 496 g/mol. The Labute approximate surface area is 209 Å². The van der Waals surface area contributed by atoms with Gasteiger partial charge in [-0.1, -0.05) is 12.1 Å². The van der Waals surface area contributed by atoms with Crippen molar-refractivity contribution in [3.63, 3.8) is 0 Å². The molecule has 2 heterocycles. The average Bonchev–Trinajstić information content (AvgIpc) is 2.89. The highest BCUT2D eigenvalue weighted by atomic mass is 16.5. The van der Waals surface area contributed by atoms with E-state index in [0.717, 1.165) is 31.0 Å². The standard InChI is InChI=1S/C24H32N8O4/c1-32(16-17-36-20-7-4-3-6-19(20)35-2)15-5-10-26-23-27-11-8-18(30-23)22(34)25-13-14-29-24-28-12-9-21(33)31-24/h3-4,6-9,11-12H,5,10,13-17H2,1-2H3,(H,25,34)(H,26,27,30)(H2,28,29,31,33). The largest absolute Gasteiger partial charge is 0.493 e. The van der Waals surface area contributed by atoms with Crippen LogP contribution < -0.4 is 31.0 Å². The van der Waals surface area contributed by atoms with E-state index in [1.54, 1.807) is 19.4 Å². The molecule has 12 nitrogen and oxygen atoms in total. The number of nitrogens with zero attached hydrogens (tertiary/aromatic N) is 4. The van der Waals surface area contributed by atoms with E-state index in [2.05, 4.69) is 40.8 Å². The van der Waals surface area contributed by atoms with Gasteiger partial charge in [-0.05, 0) is 38.2 Å². The van der Waals surface area contributed by atoms with Crippen LogP contribution in [-0.4, -0.2) is 84.2 Å². The van der Waals surface area contributed by atoms with Gasteiger partial charge in [-0.2, -0.15) is 0 Å². The van der Waals surface area contributed by atoms with E-state index in [1.807, 2.05) is 31.3 Å². The molecule has 12 heteroatoms. The number of rotatable bonds is 15. The quantitative estimate of drug-likeness (QED) is 0.227. The number of aromatic nitrogens is 4. The van der Waals surface area contributed by atoms with Crippen molar-refractivity contribution in [3.05, 3.63) is 64.8 Å². The zero-order valence-electron chi connectivity index (χ0n) is 20.5. The van der Waals surface area contributed by atoms with Crippen molar-refractivity contribution < 1.29 is 14.3 Å². The molecule has 1 aromatic carbocycles. The summed E-state index contributed by atoms with van der Waals surface area (Å²) in [4.78, 5) is 40.8. The van der Waals surface area contributed by atoms with Gasteiger partial charge in [0, 0.05) is 44.6 Å². The molecular weight excluding hydrogens is 464 g/mol. The van der Waals surface area contributed by atoms with E-state index < -0.39 is 0 Å². The Morgan fingerprint density at radius 2 is 1.81 bits per heavy atom. The first kappa shape index (κ1) is 26.4. The maximum Gasteiger partial charge on any atom is 0.270 e. The predicted molar refractivity (Wildman–Crippen MR) is 137 cm³/mol. The predicted octanol–water partition coefficient (Wildman–Crippen LogP) is 1.22. The summed E-state index contributed by atoms with van der Waals surface area (Å²) < 4.78 is 11.1. The number of ether oxygens (including phenoxy) is 2. The maximum atomic E-state index is 12.4. The molecule has 2 aromatic heterocycles. The number of benzene rings is 1. The van der Waals surface area contributed by atoms with Crippen molar-refractivity contribution >= 4 is 17.8 Å². The highest BCUT2D eigenvalue weighted by molar-refractivity contribution is 5.92. The molecule has 4 N–H and O–H groups in total. The van der Waals surface area contributed by atoms with Gasteiger partial charge in [0.2, 0.25) is 11.9 Å². The van der Waals surface area contributed by atoms with Crippen LogP contribution in [0, 0.1) is 0 Å². The first-order valence-corrected chi connectivity index (χ1v) is 11.6. The Balaban J connectivity index is 1.31. The van der Waals surface area contributed by atoms with Gasteiger partial charge in [0.15, 0.2) is 11.5 Å². The molecule has 192 valence electrons. The molecule has 1 amide bonds. The lowest BCUT2D eigenvalue weighted by Gasteiger charge is -2.17. The molecule has 0 atom stereocenters. The van der Waals surface area contributed by atoms with E-state index in [-0.39, 0.29) is 17.2 Å². The number of carbonyl (C=O) groups is 1. The topological polar surface area (TPSA) is 146 Å². The number of amides is 1. The number of methoxy groups -OCH3 is 1. The molecule has 0 aliphatic carbocycles.